The van der Waals surface area contributed by atoms with Crippen LogP contribution >= 0.6 is 11.3 Å². The molecule has 0 spiro atoms. The first-order valence-corrected chi connectivity index (χ1v) is 7.41. The minimum Gasteiger partial charge on any atom is -0.351 e. The number of hydrogen-bond acceptors (Lipinski definition) is 4. The highest BCUT2D eigenvalue weighted by Gasteiger charge is 2.30. The second kappa shape index (κ2) is 6.89. The van der Waals surface area contributed by atoms with E-state index in [1.54, 1.807) is 0 Å². The van der Waals surface area contributed by atoms with E-state index in [0.717, 1.165) is 23.5 Å². The first-order valence-electron chi connectivity index (χ1n) is 6.53. The average molecular weight is 329 g/mol. The SMILES string of the molecule is NCCCNC(=O)c1csc(-c2cccc(C(F)(F)F)c2)n1. The van der Waals surface area contributed by atoms with Gasteiger partial charge in [-0.25, -0.2) is 4.98 Å². The molecule has 0 aliphatic heterocycles. The number of nitrogens with one attached hydrogen (secondary N) is 1. The van der Waals surface area contributed by atoms with Gasteiger partial charge in [-0.2, -0.15) is 13.2 Å². The summed E-state index contributed by atoms with van der Waals surface area (Å²) in [6, 6.07) is 4.87. The fourth-order valence-corrected chi connectivity index (χ4v) is 2.53. The summed E-state index contributed by atoms with van der Waals surface area (Å²) in [6.07, 6.45) is -3.76. The molecule has 3 N–H and O–H groups in total. The first-order chi connectivity index (χ1) is 10.4. The fourth-order valence-electron chi connectivity index (χ4n) is 1.73. The molecule has 1 aromatic carbocycles. The number of thiazole rings is 1. The van der Waals surface area contributed by atoms with Gasteiger partial charge < -0.3 is 11.1 Å². The van der Waals surface area contributed by atoms with Crippen molar-refractivity contribution in [2.24, 2.45) is 5.73 Å². The minimum absolute atomic E-state index is 0.189. The molecule has 0 fully saturated rings. The van der Waals surface area contributed by atoms with Crippen LogP contribution in [-0.4, -0.2) is 24.0 Å². The van der Waals surface area contributed by atoms with E-state index in [-0.39, 0.29) is 11.6 Å². The molecule has 22 heavy (non-hydrogen) atoms. The van der Waals surface area contributed by atoms with E-state index in [1.165, 1.54) is 17.5 Å². The number of amides is 1. The summed E-state index contributed by atoms with van der Waals surface area (Å²) in [7, 11) is 0. The third kappa shape index (κ3) is 4.05. The highest BCUT2D eigenvalue weighted by atomic mass is 32.1. The van der Waals surface area contributed by atoms with Crippen LogP contribution in [0.1, 0.15) is 22.5 Å². The van der Waals surface area contributed by atoms with Gasteiger partial charge in [0.15, 0.2) is 0 Å². The Hall–Kier alpha value is -1.93. The van der Waals surface area contributed by atoms with E-state index in [0.29, 0.717) is 30.1 Å². The Morgan fingerprint density at radius 2 is 2.14 bits per heavy atom. The number of halogens is 3. The van der Waals surface area contributed by atoms with Crippen LogP contribution in [0.5, 0.6) is 0 Å². The predicted octanol–water partition coefficient (Wildman–Crippen LogP) is 2.91. The maximum atomic E-state index is 12.7. The topological polar surface area (TPSA) is 68.0 Å². The number of carbonyl (C=O) groups is 1. The normalized spacial score (nSPS) is 11.5. The number of nitrogens with two attached hydrogens (primary N) is 1. The largest absolute Gasteiger partial charge is 0.416 e. The summed E-state index contributed by atoms with van der Waals surface area (Å²) < 4.78 is 38.1. The molecule has 0 radical (unpaired) electrons. The number of hydrogen-bond donors (Lipinski definition) is 2. The van der Waals surface area contributed by atoms with Gasteiger partial charge in [0, 0.05) is 17.5 Å². The molecule has 1 heterocycles. The highest BCUT2D eigenvalue weighted by Crippen LogP contribution is 2.33. The Morgan fingerprint density at radius 1 is 1.36 bits per heavy atom. The van der Waals surface area contributed by atoms with Crippen molar-refractivity contribution in [3.63, 3.8) is 0 Å². The molecule has 0 bridgehead atoms. The molecule has 0 saturated heterocycles. The number of aromatic nitrogens is 1. The second-order valence-corrected chi connectivity index (χ2v) is 5.37. The molecular formula is C14H14F3N3OS. The van der Waals surface area contributed by atoms with E-state index in [4.69, 9.17) is 5.73 Å². The van der Waals surface area contributed by atoms with Crippen LogP contribution in [0.4, 0.5) is 13.2 Å². The molecule has 4 nitrogen and oxygen atoms in total. The van der Waals surface area contributed by atoms with Gasteiger partial charge >= 0.3 is 6.18 Å². The summed E-state index contributed by atoms with van der Waals surface area (Å²) >= 11 is 1.13. The number of carbonyl (C=O) groups excluding carboxylic acids is 1. The van der Waals surface area contributed by atoms with Gasteiger partial charge in [-0.3, -0.25) is 4.79 Å². The summed E-state index contributed by atoms with van der Waals surface area (Å²) in [5.41, 5.74) is 5.11. The van der Waals surface area contributed by atoms with Crippen LogP contribution in [0.25, 0.3) is 10.6 Å². The number of alkyl halides is 3. The Kier molecular flexibility index (Phi) is 5.15. The lowest BCUT2D eigenvalue weighted by Gasteiger charge is -2.07. The molecule has 2 rings (SSSR count). The highest BCUT2D eigenvalue weighted by molar-refractivity contribution is 7.13. The number of rotatable bonds is 5. The second-order valence-electron chi connectivity index (χ2n) is 4.51. The van der Waals surface area contributed by atoms with Crippen molar-refractivity contribution in [3.05, 3.63) is 40.9 Å². The lowest BCUT2D eigenvalue weighted by molar-refractivity contribution is -0.137. The molecule has 0 unspecified atom stereocenters. The van der Waals surface area contributed by atoms with Crippen molar-refractivity contribution >= 4 is 17.2 Å². The predicted molar refractivity (Wildman–Crippen MR) is 78.6 cm³/mol. The summed E-state index contributed by atoms with van der Waals surface area (Å²) in [4.78, 5) is 15.9. The molecule has 0 saturated carbocycles. The molecule has 1 amide bonds. The number of benzene rings is 1. The maximum absolute atomic E-state index is 12.7. The maximum Gasteiger partial charge on any atom is 0.416 e. The zero-order chi connectivity index (χ0) is 16.2. The Morgan fingerprint density at radius 3 is 2.82 bits per heavy atom. The smallest absolute Gasteiger partial charge is 0.351 e. The van der Waals surface area contributed by atoms with Crippen molar-refractivity contribution in [2.45, 2.75) is 12.6 Å². The molecule has 0 aliphatic carbocycles. The average Bonchev–Trinajstić information content (AvgIpc) is 2.96. The van der Waals surface area contributed by atoms with Gasteiger partial charge in [-0.05, 0) is 25.1 Å². The molecule has 118 valence electrons. The Labute approximate surface area is 129 Å². The fraction of sp³-hybridized carbons (Fsp3) is 0.286. The van der Waals surface area contributed by atoms with Crippen molar-refractivity contribution in [3.8, 4) is 10.6 Å². The molecule has 1 aromatic heterocycles. The van der Waals surface area contributed by atoms with Gasteiger partial charge in [0.05, 0.1) is 5.56 Å². The van der Waals surface area contributed by atoms with Crippen LogP contribution in [-0.2, 0) is 6.18 Å². The third-order valence-corrected chi connectivity index (χ3v) is 3.73. The van der Waals surface area contributed by atoms with Crippen molar-refractivity contribution in [2.75, 3.05) is 13.1 Å². The molecular weight excluding hydrogens is 315 g/mol. The number of nitrogens with zero attached hydrogens (tertiary/aromatic N) is 1. The van der Waals surface area contributed by atoms with Crippen molar-refractivity contribution < 1.29 is 18.0 Å². The minimum atomic E-state index is -4.41. The van der Waals surface area contributed by atoms with Crippen LogP contribution in [0.15, 0.2) is 29.6 Å². The van der Waals surface area contributed by atoms with Gasteiger partial charge in [-0.15, -0.1) is 11.3 Å². The third-order valence-electron chi connectivity index (χ3n) is 2.84. The molecule has 2 aromatic rings. The van der Waals surface area contributed by atoms with E-state index >= 15 is 0 Å². The lowest BCUT2D eigenvalue weighted by Crippen LogP contribution is -2.26. The monoisotopic (exact) mass is 329 g/mol. The molecule has 0 atom stereocenters. The van der Waals surface area contributed by atoms with Gasteiger partial charge in [0.2, 0.25) is 0 Å². The quantitative estimate of drug-likeness (QED) is 0.829. The van der Waals surface area contributed by atoms with E-state index in [1.807, 2.05) is 0 Å². The summed E-state index contributed by atoms with van der Waals surface area (Å²) in [6.45, 7) is 0.901. The first kappa shape index (κ1) is 16.4. The Bertz CT molecular complexity index is 655. The summed E-state index contributed by atoms with van der Waals surface area (Å²) in [5.74, 6) is -0.358. The van der Waals surface area contributed by atoms with Crippen LogP contribution < -0.4 is 11.1 Å². The molecule has 8 heteroatoms. The van der Waals surface area contributed by atoms with Gasteiger partial charge in [0.25, 0.3) is 5.91 Å². The molecule has 0 aliphatic rings. The zero-order valence-electron chi connectivity index (χ0n) is 11.5. The van der Waals surface area contributed by atoms with Gasteiger partial charge in [-0.1, -0.05) is 12.1 Å². The van der Waals surface area contributed by atoms with Crippen molar-refractivity contribution in [1.29, 1.82) is 0 Å². The van der Waals surface area contributed by atoms with E-state index in [9.17, 15) is 18.0 Å². The van der Waals surface area contributed by atoms with Crippen LogP contribution in [0.3, 0.4) is 0 Å². The zero-order valence-corrected chi connectivity index (χ0v) is 12.3. The van der Waals surface area contributed by atoms with Gasteiger partial charge in [0.1, 0.15) is 10.7 Å². The van der Waals surface area contributed by atoms with Crippen LogP contribution in [0, 0.1) is 0 Å². The van der Waals surface area contributed by atoms with E-state index in [2.05, 4.69) is 10.3 Å². The lowest BCUT2D eigenvalue weighted by atomic mass is 10.1. The standard InChI is InChI=1S/C14H14F3N3OS/c15-14(16,17)10-4-1-3-9(7-10)13-20-11(8-22-13)12(21)19-6-2-5-18/h1,3-4,7-8H,2,5-6,18H2,(H,19,21). The van der Waals surface area contributed by atoms with Crippen LogP contribution in [0.2, 0.25) is 0 Å². The summed E-state index contributed by atoms with van der Waals surface area (Å²) in [5, 5.41) is 4.54. The Balaban J connectivity index is 2.16. The van der Waals surface area contributed by atoms with Crippen molar-refractivity contribution in [1.82, 2.24) is 10.3 Å². The van der Waals surface area contributed by atoms with E-state index < -0.39 is 11.7 Å².